The molecule has 3 aromatic rings. The predicted octanol–water partition coefficient (Wildman–Crippen LogP) is 7.64. The third kappa shape index (κ3) is 7.54. The molecule has 0 spiro atoms. The second kappa shape index (κ2) is 12.9. The van der Waals surface area contributed by atoms with E-state index < -0.39 is 5.60 Å². The van der Waals surface area contributed by atoms with Gasteiger partial charge in [-0.15, -0.1) is 0 Å². The summed E-state index contributed by atoms with van der Waals surface area (Å²) in [6.45, 7) is 11.4. The number of Topliss-reactive ketones (excluding diaryl/α,β-unsaturated/α-hetero) is 1. The Morgan fingerprint density at radius 2 is 1.65 bits per heavy atom. The molecule has 1 amide bonds. The Kier molecular flexibility index (Phi) is 9.40. The average molecular weight is 628 g/mol. The molecule has 0 unspecified atom stereocenters. The largest absolute Gasteiger partial charge is 0.505 e. The van der Waals surface area contributed by atoms with Gasteiger partial charge in [-0.25, -0.2) is 4.79 Å². The number of ether oxygens (including phenoxy) is 1. The first-order valence-electron chi connectivity index (χ1n) is 15.0. The van der Waals surface area contributed by atoms with Gasteiger partial charge in [0.15, 0.2) is 11.5 Å². The molecule has 0 radical (unpaired) electrons. The van der Waals surface area contributed by atoms with E-state index in [1.165, 1.54) is 0 Å². The summed E-state index contributed by atoms with van der Waals surface area (Å²) in [5.74, 6) is 0.412. The van der Waals surface area contributed by atoms with E-state index in [-0.39, 0.29) is 33.7 Å². The fourth-order valence-electron chi connectivity index (χ4n) is 6.02. The standard InChI is InChI=1S/C33H40Cl2N4O4/c1-20(40)26-18-36-29-10-7-22(23-16-27(34)31(41)28(35)17-23)15-25(29)30(26)37-24-8-5-21(6-9-24)19-38-11-13-39(14-12-38)32(42)43-33(2,3)4/h7,10,15-18,21,24,41H,5-6,8-9,11-14,19H2,1-4H3,(H,36,37). The lowest BCUT2D eigenvalue weighted by atomic mass is 9.85. The van der Waals surface area contributed by atoms with Crippen LogP contribution in [-0.4, -0.2) is 76.1 Å². The summed E-state index contributed by atoms with van der Waals surface area (Å²) < 4.78 is 5.53. The number of amides is 1. The number of phenols is 1. The second-order valence-electron chi connectivity index (χ2n) is 12.8. The van der Waals surface area contributed by atoms with Gasteiger partial charge < -0.3 is 20.1 Å². The number of benzene rings is 2. The molecule has 2 N–H and O–H groups in total. The van der Waals surface area contributed by atoms with Gasteiger partial charge in [-0.1, -0.05) is 29.3 Å². The van der Waals surface area contributed by atoms with Gasteiger partial charge in [-0.2, -0.15) is 0 Å². The van der Waals surface area contributed by atoms with Gasteiger partial charge in [-0.3, -0.25) is 14.7 Å². The van der Waals surface area contributed by atoms with Gasteiger partial charge in [0.1, 0.15) is 5.60 Å². The molecule has 0 atom stereocenters. The Morgan fingerprint density at radius 3 is 2.26 bits per heavy atom. The van der Waals surface area contributed by atoms with Gasteiger partial charge in [0.25, 0.3) is 0 Å². The summed E-state index contributed by atoms with van der Waals surface area (Å²) >= 11 is 12.4. The number of carbonyl (C=O) groups is 2. The Labute approximate surface area is 263 Å². The summed E-state index contributed by atoms with van der Waals surface area (Å²) in [6, 6.07) is 9.46. The van der Waals surface area contributed by atoms with Crippen LogP contribution in [0.4, 0.5) is 10.5 Å². The molecule has 1 aliphatic carbocycles. The highest BCUT2D eigenvalue weighted by Crippen LogP contribution is 2.39. The minimum absolute atomic E-state index is 0.0442. The minimum Gasteiger partial charge on any atom is -0.505 e. The van der Waals surface area contributed by atoms with Crippen molar-refractivity contribution in [1.82, 2.24) is 14.8 Å². The molecule has 0 bridgehead atoms. The quantitative estimate of drug-likeness (QED) is 0.271. The molecular formula is C33H40Cl2N4O4. The number of fused-ring (bicyclic) bond motifs is 1. The highest BCUT2D eigenvalue weighted by Gasteiger charge is 2.29. The maximum absolute atomic E-state index is 12.7. The van der Waals surface area contributed by atoms with Gasteiger partial charge in [0.05, 0.1) is 26.8 Å². The number of phenolic OH excluding ortho intramolecular Hbond substituents is 1. The Balaban J connectivity index is 1.24. The predicted molar refractivity (Wildman–Crippen MR) is 172 cm³/mol. The van der Waals surface area contributed by atoms with Crippen LogP contribution in [0.25, 0.3) is 22.0 Å². The molecule has 1 aliphatic heterocycles. The summed E-state index contributed by atoms with van der Waals surface area (Å²) in [6.07, 6.45) is 5.63. The van der Waals surface area contributed by atoms with Crippen molar-refractivity contribution in [2.24, 2.45) is 5.92 Å². The number of pyridine rings is 1. The first-order chi connectivity index (χ1) is 20.4. The monoisotopic (exact) mass is 626 g/mol. The maximum Gasteiger partial charge on any atom is 0.410 e. The smallest absolute Gasteiger partial charge is 0.410 e. The third-order valence-electron chi connectivity index (χ3n) is 8.33. The number of hydrogen-bond acceptors (Lipinski definition) is 7. The third-order valence-corrected chi connectivity index (χ3v) is 8.91. The van der Waals surface area contributed by atoms with Crippen molar-refractivity contribution in [3.8, 4) is 16.9 Å². The van der Waals surface area contributed by atoms with E-state index >= 15 is 0 Å². The lowest BCUT2D eigenvalue weighted by Crippen LogP contribution is -2.51. The van der Waals surface area contributed by atoms with Crippen LogP contribution in [0.3, 0.4) is 0 Å². The molecule has 1 saturated heterocycles. The van der Waals surface area contributed by atoms with E-state index in [0.717, 1.165) is 73.0 Å². The second-order valence-corrected chi connectivity index (χ2v) is 13.6. The normalized spacial score (nSPS) is 19.8. The molecule has 2 fully saturated rings. The topological polar surface area (TPSA) is 95.0 Å². The van der Waals surface area contributed by atoms with Crippen LogP contribution in [0.5, 0.6) is 5.75 Å². The molecule has 43 heavy (non-hydrogen) atoms. The maximum atomic E-state index is 12.7. The van der Waals surface area contributed by atoms with E-state index in [4.69, 9.17) is 27.9 Å². The number of rotatable bonds is 6. The molecule has 1 aromatic heterocycles. The van der Waals surface area contributed by atoms with Gasteiger partial charge >= 0.3 is 6.09 Å². The highest BCUT2D eigenvalue weighted by molar-refractivity contribution is 6.37. The van der Waals surface area contributed by atoms with E-state index in [2.05, 4.69) is 15.2 Å². The SMILES string of the molecule is CC(=O)c1cnc2ccc(-c3cc(Cl)c(O)c(Cl)c3)cc2c1NC1CCC(CN2CCN(C(=O)OC(C)(C)C)CC2)CC1. The van der Waals surface area contributed by atoms with Crippen LogP contribution in [-0.2, 0) is 4.74 Å². The van der Waals surface area contributed by atoms with Crippen LogP contribution in [0.2, 0.25) is 10.0 Å². The first-order valence-corrected chi connectivity index (χ1v) is 15.7. The van der Waals surface area contributed by atoms with Gasteiger partial charge in [-0.05, 0) is 94.7 Å². The Hall–Kier alpha value is -3.07. The molecule has 10 heteroatoms. The number of nitrogens with zero attached hydrogens (tertiary/aromatic N) is 3. The van der Waals surface area contributed by atoms with Gasteiger partial charge in [0, 0.05) is 50.3 Å². The number of carbonyl (C=O) groups excluding carboxylic acids is 2. The van der Waals surface area contributed by atoms with Crippen molar-refractivity contribution < 1.29 is 19.4 Å². The lowest BCUT2D eigenvalue weighted by Gasteiger charge is -2.38. The number of anilines is 1. The molecule has 2 aromatic carbocycles. The zero-order valence-electron chi connectivity index (χ0n) is 25.3. The zero-order valence-corrected chi connectivity index (χ0v) is 26.8. The van der Waals surface area contributed by atoms with Gasteiger partial charge in [0.2, 0.25) is 0 Å². The van der Waals surface area contributed by atoms with E-state index in [1.807, 2.05) is 43.9 Å². The molecule has 2 heterocycles. The number of halogens is 2. The van der Waals surface area contributed by atoms with Crippen LogP contribution >= 0.6 is 23.2 Å². The molecule has 2 aliphatic rings. The number of nitrogens with one attached hydrogen (secondary N) is 1. The number of ketones is 1. The van der Waals surface area contributed by atoms with E-state index in [0.29, 0.717) is 24.6 Å². The first kappa shape index (κ1) is 31.4. The van der Waals surface area contributed by atoms with Crippen molar-refractivity contribution in [3.05, 3.63) is 52.1 Å². The number of piperazine rings is 1. The van der Waals surface area contributed by atoms with Crippen molar-refractivity contribution >= 4 is 51.7 Å². The number of aromatic nitrogens is 1. The van der Waals surface area contributed by atoms with Crippen molar-refractivity contribution in [2.45, 2.75) is 65.0 Å². The highest BCUT2D eigenvalue weighted by atomic mass is 35.5. The fraction of sp³-hybridized carbons (Fsp3) is 0.485. The van der Waals surface area contributed by atoms with Crippen LogP contribution < -0.4 is 5.32 Å². The van der Waals surface area contributed by atoms with Crippen LogP contribution in [0, 0.1) is 5.92 Å². The van der Waals surface area contributed by atoms with Crippen molar-refractivity contribution in [2.75, 3.05) is 38.0 Å². The molecule has 1 saturated carbocycles. The van der Waals surface area contributed by atoms with Crippen LogP contribution in [0.1, 0.15) is 63.7 Å². The lowest BCUT2D eigenvalue weighted by molar-refractivity contribution is 0.0128. The van der Waals surface area contributed by atoms with E-state index in [9.17, 15) is 14.7 Å². The van der Waals surface area contributed by atoms with E-state index in [1.54, 1.807) is 25.3 Å². The summed E-state index contributed by atoms with van der Waals surface area (Å²) in [7, 11) is 0. The Bertz CT molecular complexity index is 1480. The Morgan fingerprint density at radius 1 is 1.00 bits per heavy atom. The molecule has 8 nitrogen and oxygen atoms in total. The van der Waals surface area contributed by atoms with Crippen molar-refractivity contribution in [1.29, 1.82) is 0 Å². The summed E-state index contributed by atoms with van der Waals surface area (Å²) in [5.41, 5.74) is 3.30. The summed E-state index contributed by atoms with van der Waals surface area (Å²) in [5, 5.41) is 14.9. The molecule has 230 valence electrons. The van der Waals surface area contributed by atoms with Crippen LogP contribution in [0.15, 0.2) is 36.5 Å². The molecule has 5 rings (SSSR count). The average Bonchev–Trinajstić information content (AvgIpc) is 2.96. The minimum atomic E-state index is -0.480. The number of hydrogen-bond donors (Lipinski definition) is 2. The molecular weight excluding hydrogens is 587 g/mol. The zero-order chi connectivity index (χ0) is 30.9. The summed E-state index contributed by atoms with van der Waals surface area (Å²) in [4.78, 5) is 33.9. The van der Waals surface area contributed by atoms with Crippen molar-refractivity contribution in [3.63, 3.8) is 0 Å². The number of aromatic hydroxyl groups is 1. The fourth-order valence-corrected chi connectivity index (χ4v) is 6.51.